The zero-order valence-corrected chi connectivity index (χ0v) is 7.25. The predicted octanol–water partition coefficient (Wildman–Crippen LogP) is 0.546. The Morgan fingerprint density at radius 2 is 2.42 bits per heavy atom. The molecular weight excluding hydrogens is 152 g/mol. The Balaban J connectivity index is 2.41. The summed E-state index contributed by atoms with van der Waals surface area (Å²) >= 11 is 0. The van der Waals surface area contributed by atoms with E-state index in [4.69, 9.17) is 5.73 Å². The number of anilines is 1. The number of hydrogen-bond donors (Lipinski definition) is 2. The molecule has 1 rings (SSSR count). The van der Waals surface area contributed by atoms with Crippen LogP contribution in [0, 0.1) is 6.92 Å². The van der Waals surface area contributed by atoms with Gasteiger partial charge in [0.15, 0.2) is 0 Å². The van der Waals surface area contributed by atoms with E-state index in [1.165, 1.54) is 0 Å². The fourth-order valence-corrected chi connectivity index (χ4v) is 0.873. The highest BCUT2D eigenvalue weighted by Crippen LogP contribution is 2.00. The molecule has 4 heteroatoms. The Morgan fingerprint density at radius 1 is 1.58 bits per heavy atom. The van der Waals surface area contributed by atoms with Gasteiger partial charge in [0.1, 0.15) is 11.6 Å². The lowest BCUT2D eigenvalue weighted by molar-refractivity contribution is 0.867. The molecule has 0 aromatic carbocycles. The van der Waals surface area contributed by atoms with Crippen molar-refractivity contribution in [2.24, 2.45) is 5.73 Å². The van der Waals surface area contributed by atoms with E-state index in [-0.39, 0.29) is 0 Å². The molecule has 4 nitrogen and oxygen atoms in total. The molecule has 1 aromatic heterocycles. The Kier molecular flexibility index (Phi) is 3.47. The van der Waals surface area contributed by atoms with Crippen LogP contribution in [0.4, 0.5) is 5.82 Å². The molecule has 3 N–H and O–H groups in total. The average molecular weight is 166 g/mol. The van der Waals surface area contributed by atoms with Crippen molar-refractivity contribution in [1.82, 2.24) is 9.97 Å². The largest absolute Gasteiger partial charge is 0.370 e. The fraction of sp³-hybridized carbons (Fsp3) is 0.500. The first-order valence-electron chi connectivity index (χ1n) is 4.06. The molecule has 0 radical (unpaired) electrons. The average Bonchev–Trinajstić information content (AvgIpc) is 2.05. The molecule has 0 atom stereocenters. The Hall–Kier alpha value is -1.16. The zero-order chi connectivity index (χ0) is 8.81. The molecular formula is C8H14N4. The lowest BCUT2D eigenvalue weighted by atomic mass is 10.4. The molecule has 0 bridgehead atoms. The summed E-state index contributed by atoms with van der Waals surface area (Å²) in [6.07, 6.45) is 2.70. The van der Waals surface area contributed by atoms with Crippen molar-refractivity contribution >= 4 is 5.82 Å². The van der Waals surface area contributed by atoms with E-state index in [2.05, 4.69) is 15.3 Å². The summed E-state index contributed by atoms with van der Waals surface area (Å²) in [6, 6.07) is 1.85. The molecule has 1 heterocycles. The van der Waals surface area contributed by atoms with Crippen LogP contribution < -0.4 is 11.1 Å². The van der Waals surface area contributed by atoms with Crippen LogP contribution in [0.5, 0.6) is 0 Å². The minimum atomic E-state index is 0.705. The van der Waals surface area contributed by atoms with Gasteiger partial charge in [-0.05, 0) is 26.0 Å². The van der Waals surface area contributed by atoms with Crippen molar-refractivity contribution in [3.63, 3.8) is 0 Å². The van der Waals surface area contributed by atoms with Crippen molar-refractivity contribution in [3.8, 4) is 0 Å². The molecule has 0 unspecified atom stereocenters. The Bertz CT molecular complexity index is 236. The third kappa shape index (κ3) is 2.84. The summed E-state index contributed by atoms with van der Waals surface area (Å²) in [6.45, 7) is 3.44. The normalized spacial score (nSPS) is 9.83. The lowest BCUT2D eigenvalue weighted by Gasteiger charge is -2.03. The fourth-order valence-electron chi connectivity index (χ4n) is 0.873. The number of nitrogens with two attached hydrogens (primary N) is 1. The standard InChI is InChI=1S/C8H14N4/c1-7-10-6-3-8(12-7)11-5-2-4-9/h3,6H,2,4-5,9H2,1H3,(H,10,11,12). The van der Waals surface area contributed by atoms with E-state index in [1.54, 1.807) is 6.20 Å². The van der Waals surface area contributed by atoms with Crippen LogP contribution in [0.2, 0.25) is 0 Å². The number of nitrogens with zero attached hydrogens (tertiary/aromatic N) is 2. The zero-order valence-electron chi connectivity index (χ0n) is 7.25. The van der Waals surface area contributed by atoms with Crippen LogP contribution in [0.3, 0.4) is 0 Å². The van der Waals surface area contributed by atoms with Gasteiger partial charge in [-0.2, -0.15) is 0 Å². The maximum atomic E-state index is 5.35. The van der Waals surface area contributed by atoms with E-state index in [9.17, 15) is 0 Å². The SMILES string of the molecule is Cc1nccc(NCCCN)n1. The third-order valence-electron chi connectivity index (χ3n) is 1.46. The van der Waals surface area contributed by atoms with Gasteiger partial charge in [0.05, 0.1) is 0 Å². The molecule has 0 saturated heterocycles. The number of rotatable bonds is 4. The highest BCUT2D eigenvalue weighted by atomic mass is 15.0. The number of aryl methyl sites for hydroxylation is 1. The number of hydrogen-bond acceptors (Lipinski definition) is 4. The van der Waals surface area contributed by atoms with Crippen molar-refractivity contribution in [3.05, 3.63) is 18.1 Å². The number of aromatic nitrogens is 2. The molecule has 66 valence electrons. The smallest absolute Gasteiger partial charge is 0.129 e. The maximum Gasteiger partial charge on any atom is 0.129 e. The van der Waals surface area contributed by atoms with E-state index in [1.807, 2.05) is 13.0 Å². The second kappa shape index (κ2) is 4.66. The van der Waals surface area contributed by atoms with Gasteiger partial charge in [0.2, 0.25) is 0 Å². The van der Waals surface area contributed by atoms with E-state index in [0.717, 1.165) is 24.6 Å². The molecule has 0 aliphatic heterocycles. The molecule has 12 heavy (non-hydrogen) atoms. The summed E-state index contributed by atoms with van der Waals surface area (Å²) in [7, 11) is 0. The molecule has 0 spiro atoms. The highest BCUT2D eigenvalue weighted by molar-refractivity contribution is 5.32. The monoisotopic (exact) mass is 166 g/mol. The Labute approximate surface area is 72.2 Å². The van der Waals surface area contributed by atoms with E-state index in [0.29, 0.717) is 6.54 Å². The van der Waals surface area contributed by atoms with Gasteiger partial charge in [-0.15, -0.1) is 0 Å². The van der Waals surface area contributed by atoms with Crippen LogP contribution in [0.15, 0.2) is 12.3 Å². The molecule has 0 amide bonds. The van der Waals surface area contributed by atoms with Crippen LogP contribution in [0.1, 0.15) is 12.2 Å². The summed E-state index contributed by atoms with van der Waals surface area (Å²) in [5, 5.41) is 3.16. The van der Waals surface area contributed by atoms with Crippen LogP contribution in [-0.2, 0) is 0 Å². The van der Waals surface area contributed by atoms with Crippen LogP contribution in [0.25, 0.3) is 0 Å². The summed E-state index contributed by atoms with van der Waals surface area (Å²) in [4.78, 5) is 8.17. The third-order valence-corrected chi connectivity index (χ3v) is 1.46. The lowest BCUT2D eigenvalue weighted by Crippen LogP contribution is -2.09. The highest BCUT2D eigenvalue weighted by Gasteiger charge is 1.92. The van der Waals surface area contributed by atoms with Crippen molar-refractivity contribution in [2.45, 2.75) is 13.3 Å². The van der Waals surface area contributed by atoms with Gasteiger partial charge >= 0.3 is 0 Å². The summed E-state index contributed by atoms with van der Waals surface area (Å²) in [5.41, 5.74) is 5.35. The van der Waals surface area contributed by atoms with Crippen molar-refractivity contribution in [2.75, 3.05) is 18.4 Å². The van der Waals surface area contributed by atoms with Gasteiger partial charge in [-0.25, -0.2) is 9.97 Å². The van der Waals surface area contributed by atoms with Crippen molar-refractivity contribution < 1.29 is 0 Å². The molecule has 0 fully saturated rings. The number of nitrogens with one attached hydrogen (secondary N) is 1. The van der Waals surface area contributed by atoms with Gasteiger partial charge in [-0.3, -0.25) is 0 Å². The molecule has 0 saturated carbocycles. The quantitative estimate of drug-likeness (QED) is 0.641. The predicted molar refractivity (Wildman–Crippen MR) is 48.9 cm³/mol. The molecule has 0 aliphatic carbocycles. The van der Waals surface area contributed by atoms with E-state index < -0.39 is 0 Å². The van der Waals surface area contributed by atoms with Crippen molar-refractivity contribution in [1.29, 1.82) is 0 Å². The summed E-state index contributed by atoms with van der Waals surface area (Å²) in [5.74, 6) is 1.66. The summed E-state index contributed by atoms with van der Waals surface area (Å²) < 4.78 is 0. The van der Waals surface area contributed by atoms with Crippen LogP contribution >= 0.6 is 0 Å². The van der Waals surface area contributed by atoms with Gasteiger partial charge in [0.25, 0.3) is 0 Å². The van der Waals surface area contributed by atoms with Crippen LogP contribution in [-0.4, -0.2) is 23.1 Å². The van der Waals surface area contributed by atoms with E-state index >= 15 is 0 Å². The van der Waals surface area contributed by atoms with Gasteiger partial charge in [-0.1, -0.05) is 0 Å². The second-order valence-corrected chi connectivity index (χ2v) is 2.56. The minimum Gasteiger partial charge on any atom is -0.370 e. The second-order valence-electron chi connectivity index (χ2n) is 2.56. The first kappa shape index (κ1) is 8.93. The van der Waals surface area contributed by atoms with Gasteiger partial charge < -0.3 is 11.1 Å². The minimum absolute atomic E-state index is 0.705. The topological polar surface area (TPSA) is 63.8 Å². The molecule has 0 aliphatic rings. The van der Waals surface area contributed by atoms with Gasteiger partial charge in [0, 0.05) is 12.7 Å². The first-order chi connectivity index (χ1) is 5.83. The maximum absolute atomic E-state index is 5.35. The Morgan fingerprint density at radius 3 is 3.08 bits per heavy atom. The first-order valence-corrected chi connectivity index (χ1v) is 4.06. The molecule has 1 aromatic rings.